The van der Waals surface area contributed by atoms with Gasteiger partial charge in [-0.05, 0) is 42.7 Å². The predicted octanol–water partition coefficient (Wildman–Crippen LogP) is 3.11. The molecule has 0 aliphatic heterocycles. The lowest BCUT2D eigenvalue weighted by Crippen LogP contribution is -2.21. The molecule has 0 fully saturated rings. The van der Waals surface area contributed by atoms with Crippen molar-refractivity contribution in [3.63, 3.8) is 0 Å². The number of aliphatic hydroxyl groups excluding tert-OH is 1. The Labute approximate surface area is 89.1 Å². The average Bonchev–Trinajstić information content (AvgIpc) is 2.65. The van der Waals surface area contributed by atoms with Crippen LogP contribution in [0.15, 0.2) is 24.1 Å². The topological polar surface area (TPSA) is 20.2 Å². The first-order valence-electron chi connectivity index (χ1n) is 5.18. The van der Waals surface area contributed by atoms with Crippen molar-refractivity contribution >= 4 is 11.3 Å². The Hall–Kier alpha value is -0.600. The quantitative estimate of drug-likeness (QED) is 0.757. The number of aryl methyl sites for hydroxylation is 1. The number of fused-ring (bicyclic) bond motifs is 1. The molecule has 0 aromatic carbocycles. The van der Waals surface area contributed by atoms with Gasteiger partial charge in [-0.25, -0.2) is 0 Å². The van der Waals surface area contributed by atoms with E-state index in [2.05, 4.69) is 18.0 Å². The molecule has 0 bridgehead atoms. The van der Waals surface area contributed by atoms with E-state index in [1.165, 1.54) is 23.3 Å². The Bertz CT molecular complexity index is 316. The summed E-state index contributed by atoms with van der Waals surface area (Å²) >= 11 is 1.83. The first kappa shape index (κ1) is 9.94. The Morgan fingerprint density at radius 2 is 2.57 bits per heavy atom. The maximum Gasteiger partial charge on any atom is 0.0643 e. The molecule has 0 amide bonds. The van der Waals surface area contributed by atoms with Crippen molar-refractivity contribution in [1.82, 2.24) is 0 Å². The van der Waals surface area contributed by atoms with E-state index >= 15 is 0 Å². The molecular weight excluding hydrogens is 192 g/mol. The van der Waals surface area contributed by atoms with Crippen molar-refractivity contribution < 1.29 is 5.11 Å². The number of hydrogen-bond acceptors (Lipinski definition) is 2. The fourth-order valence-corrected chi connectivity index (χ4v) is 3.25. The third-order valence-electron chi connectivity index (χ3n) is 2.97. The minimum atomic E-state index is -0.235. The van der Waals surface area contributed by atoms with Crippen LogP contribution in [0.1, 0.15) is 35.6 Å². The van der Waals surface area contributed by atoms with Crippen molar-refractivity contribution in [3.05, 3.63) is 34.5 Å². The van der Waals surface area contributed by atoms with Gasteiger partial charge in [0.2, 0.25) is 0 Å². The van der Waals surface area contributed by atoms with Crippen LogP contribution < -0.4 is 0 Å². The standard InChI is InChI=1S/C12H16OS/c1-2-4-11(13)9-5-3-6-12-10(9)7-8-14-12/h2,7-9,11,13H,1,3-6H2. The Balaban J connectivity index is 2.19. The Morgan fingerprint density at radius 3 is 3.36 bits per heavy atom. The molecule has 0 spiro atoms. The Morgan fingerprint density at radius 1 is 1.71 bits per heavy atom. The zero-order valence-corrected chi connectivity index (χ0v) is 9.09. The number of hydrogen-bond donors (Lipinski definition) is 1. The van der Waals surface area contributed by atoms with Gasteiger partial charge >= 0.3 is 0 Å². The molecule has 1 aromatic rings. The summed E-state index contributed by atoms with van der Waals surface area (Å²) in [5.41, 5.74) is 1.38. The highest BCUT2D eigenvalue weighted by molar-refractivity contribution is 7.10. The van der Waals surface area contributed by atoms with E-state index in [0.29, 0.717) is 12.3 Å². The molecule has 0 radical (unpaired) electrons. The van der Waals surface area contributed by atoms with Gasteiger partial charge in [0.05, 0.1) is 6.10 Å². The van der Waals surface area contributed by atoms with Crippen LogP contribution in [-0.4, -0.2) is 11.2 Å². The lowest BCUT2D eigenvalue weighted by Gasteiger charge is -2.26. The van der Waals surface area contributed by atoms with Gasteiger partial charge in [-0.15, -0.1) is 17.9 Å². The lowest BCUT2D eigenvalue weighted by molar-refractivity contribution is 0.138. The summed E-state index contributed by atoms with van der Waals surface area (Å²) in [5, 5.41) is 12.1. The van der Waals surface area contributed by atoms with Crippen LogP contribution in [0.5, 0.6) is 0 Å². The van der Waals surface area contributed by atoms with Gasteiger partial charge in [0, 0.05) is 10.8 Å². The minimum absolute atomic E-state index is 0.235. The second kappa shape index (κ2) is 4.28. The smallest absolute Gasteiger partial charge is 0.0643 e. The number of thiophene rings is 1. The van der Waals surface area contributed by atoms with Gasteiger partial charge < -0.3 is 5.11 Å². The summed E-state index contributed by atoms with van der Waals surface area (Å²) in [6, 6.07) is 2.18. The average molecular weight is 208 g/mol. The Kier molecular flexibility index (Phi) is 3.04. The van der Waals surface area contributed by atoms with E-state index in [9.17, 15) is 5.11 Å². The van der Waals surface area contributed by atoms with Crippen molar-refractivity contribution in [2.24, 2.45) is 0 Å². The van der Waals surface area contributed by atoms with Crippen molar-refractivity contribution in [1.29, 1.82) is 0 Å². The third-order valence-corrected chi connectivity index (χ3v) is 3.97. The molecule has 2 unspecified atom stereocenters. The van der Waals surface area contributed by atoms with Gasteiger partial charge in [-0.2, -0.15) is 0 Å². The molecule has 2 rings (SSSR count). The summed E-state index contributed by atoms with van der Waals surface area (Å²) in [5.74, 6) is 0.350. The van der Waals surface area contributed by atoms with Gasteiger partial charge in [-0.3, -0.25) is 0 Å². The summed E-state index contributed by atoms with van der Waals surface area (Å²) in [6.45, 7) is 3.68. The van der Waals surface area contributed by atoms with Gasteiger partial charge in [0.1, 0.15) is 0 Å². The molecule has 0 saturated heterocycles. The number of aliphatic hydroxyl groups is 1. The van der Waals surface area contributed by atoms with Crippen LogP contribution in [0.2, 0.25) is 0 Å². The molecule has 14 heavy (non-hydrogen) atoms. The second-order valence-electron chi connectivity index (χ2n) is 3.89. The van der Waals surface area contributed by atoms with E-state index in [1.54, 1.807) is 0 Å². The van der Waals surface area contributed by atoms with Crippen LogP contribution in [0.4, 0.5) is 0 Å². The first-order valence-corrected chi connectivity index (χ1v) is 6.06. The second-order valence-corrected chi connectivity index (χ2v) is 4.89. The molecule has 76 valence electrons. The fourth-order valence-electron chi connectivity index (χ4n) is 2.26. The van der Waals surface area contributed by atoms with Gasteiger partial charge in [-0.1, -0.05) is 6.08 Å². The lowest BCUT2D eigenvalue weighted by atomic mass is 9.83. The maximum absolute atomic E-state index is 9.97. The molecular formula is C12H16OS. The van der Waals surface area contributed by atoms with Gasteiger partial charge in [0.25, 0.3) is 0 Å². The number of rotatable bonds is 3. The van der Waals surface area contributed by atoms with Crippen LogP contribution in [0.25, 0.3) is 0 Å². The highest BCUT2D eigenvalue weighted by Gasteiger charge is 2.26. The monoisotopic (exact) mass is 208 g/mol. The van der Waals surface area contributed by atoms with E-state index in [1.807, 2.05) is 17.4 Å². The van der Waals surface area contributed by atoms with E-state index < -0.39 is 0 Å². The fraction of sp³-hybridized carbons (Fsp3) is 0.500. The molecule has 1 aliphatic carbocycles. The highest BCUT2D eigenvalue weighted by atomic mass is 32.1. The molecule has 1 heterocycles. The largest absolute Gasteiger partial charge is 0.392 e. The molecule has 0 saturated carbocycles. The van der Waals surface area contributed by atoms with Crippen LogP contribution in [0, 0.1) is 0 Å². The van der Waals surface area contributed by atoms with Crippen molar-refractivity contribution in [2.45, 2.75) is 37.7 Å². The molecule has 2 atom stereocenters. The summed E-state index contributed by atoms with van der Waals surface area (Å²) < 4.78 is 0. The zero-order chi connectivity index (χ0) is 9.97. The van der Waals surface area contributed by atoms with E-state index in [-0.39, 0.29) is 6.10 Å². The highest BCUT2D eigenvalue weighted by Crippen LogP contribution is 2.37. The van der Waals surface area contributed by atoms with Crippen molar-refractivity contribution in [2.75, 3.05) is 0 Å². The molecule has 1 aliphatic rings. The molecule has 1 N–H and O–H groups in total. The van der Waals surface area contributed by atoms with E-state index in [0.717, 1.165) is 6.42 Å². The molecule has 1 nitrogen and oxygen atoms in total. The zero-order valence-electron chi connectivity index (χ0n) is 8.28. The maximum atomic E-state index is 9.97. The third kappa shape index (κ3) is 1.77. The molecule has 1 aromatic heterocycles. The summed E-state index contributed by atoms with van der Waals surface area (Å²) in [4.78, 5) is 1.48. The summed E-state index contributed by atoms with van der Waals surface area (Å²) in [7, 11) is 0. The van der Waals surface area contributed by atoms with E-state index in [4.69, 9.17) is 0 Å². The first-order chi connectivity index (χ1) is 6.83. The normalized spacial score (nSPS) is 22.8. The SMILES string of the molecule is C=CCC(O)C1CCCc2sccc21. The van der Waals surface area contributed by atoms with Gasteiger partial charge in [0.15, 0.2) is 0 Å². The van der Waals surface area contributed by atoms with Crippen LogP contribution in [0.3, 0.4) is 0 Å². The van der Waals surface area contributed by atoms with Crippen molar-refractivity contribution in [3.8, 4) is 0 Å². The van der Waals surface area contributed by atoms with Crippen LogP contribution >= 0.6 is 11.3 Å². The minimum Gasteiger partial charge on any atom is -0.392 e. The molecule has 2 heteroatoms. The van der Waals surface area contributed by atoms with Crippen LogP contribution in [-0.2, 0) is 6.42 Å². The predicted molar refractivity (Wildman–Crippen MR) is 60.8 cm³/mol. The summed E-state index contributed by atoms with van der Waals surface area (Å²) in [6.07, 6.45) is 5.82.